The highest BCUT2D eigenvalue weighted by Gasteiger charge is 2.24. The van der Waals surface area contributed by atoms with Gasteiger partial charge in [0.2, 0.25) is 6.79 Å². The van der Waals surface area contributed by atoms with Crippen LogP contribution in [0.25, 0.3) is 0 Å². The topological polar surface area (TPSA) is 46.2 Å². The van der Waals surface area contributed by atoms with E-state index in [0.29, 0.717) is 49.6 Å². The molecule has 3 aromatic carbocycles. The Labute approximate surface area is 291 Å². The smallest absolute Gasteiger partial charge is 0.231 e. The number of rotatable bonds is 5. The summed E-state index contributed by atoms with van der Waals surface area (Å²) in [6.07, 6.45) is 1.08. The van der Waals surface area contributed by atoms with Gasteiger partial charge in [0.05, 0.1) is 6.61 Å². The predicted octanol–water partition coefficient (Wildman–Crippen LogP) is 9.28. The van der Waals surface area contributed by atoms with Gasteiger partial charge in [-0.15, -0.1) is 0 Å². The Morgan fingerprint density at radius 2 is 0.915 bits per heavy atom. The van der Waals surface area contributed by atoms with Crippen molar-refractivity contribution in [1.29, 1.82) is 0 Å². The van der Waals surface area contributed by atoms with Gasteiger partial charge in [-0.2, -0.15) is 0 Å². The van der Waals surface area contributed by atoms with E-state index in [0.717, 1.165) is 36.0 Å². The summed E-state index contributed by atoms with van der Waals surface area (Å²) in [4.78, 5) is 0. The minimum Gasteiger partial charge on any atom is -0.493 e. The predicted molar refractivity (Wildman–Crippen MR) is 198 cm³/mol. The Morgan fingerprint density at radius 3 is 1.47 bits per heavy atom. The van der Waals surface area contributed by atoms with Gasteiger partial charge in [0.1, 0.15) is 19.0 Å². The van der Waals surface area contributed by atoms with E-state index in [1.165, 1.54) is 44.7 Å². The third kappa shape index (κ3) is 9.48. The van der Waals surface area contributed by atoms with Gasteiger partial charge in [0.15, 0.2) is 23.0 Å². The number of ether oxygens (including phenoxy) is 5. The van der Waals surface area contributed by atoms with Crippen LogP contribution >= 0.6 is 0 Å². The lowest BCUT2D eigenvalue weighted by molar-refractivity contribution is 0.170. The molecule has 0 aliphatic carbocycles. The zero-order valence-electron chi connectivity index (χ0n) is 30.7. The number of fused-ring (bicyclic) bond motifs is 3. The number of benzene rings is 3. The zero-order valence-corrected chi connectivity index (χ0v) is 30.7. The second-order valence-corrected chi connectivity index (χ2v) is 13.5. The van der Waals surface area contributed by atoms with E-state index in [2.05, 4.69) is 100 Å². The highest BCUT2D eigenvalue weighted by Crippen LogP contribution is 2.43. The van der Waals surface area contributed by atoms with Gasteiger partial charge < -0.3 is 23.7 Å². The molecule has 0 unspecified atom stereocenters. The van der Waals surface area contributed by atoms with Crippen molar-refractivity contribution in [2.75, 3.05) is 26.6 Å². The maximum Gasteiger partial charge on any atom is 0.231 e. The van der Waals surface area contributed by atoms with Gasteiger partial charge >= 0.3 is 0 Å². The summed E-state index contributed by atoms with van der Waals surface area (Å²) in [6, 6.07) is 12.8. The highest BCUT2D eigenvalue weighted by molar-refractivity contribution is 5.76. The van der Waals surface area contributed by atoms with Crippen LogP contribution in [0.3, 0.4) is 0 Å². The number of hydrogen-bond acceptors (Lipinski definition) is 5. The molecule has 0 saturated carbocycles. The molecule has 0 N–H and O–H groups in total. The molecule has 0 bridgehead atoms. The average molecular weight is 635 g/mol. The molecule has 3 heterocycles. The van der Waals surface area contributed by atoms with Crippen molar-refractivity contribution >= 4 is 25.2 Å². The standard InChI is InChI=1S/C14H20O.C13H18O2.C12H16O2.3B/c1-9(2)12-6-5-11-7-8-15-14(11)13(12)10(3)4;1-8(2)10-5-6-11-13(15-7-14-11)12(10)9(3)4;1-8(2)10-4-5-11-12(9(10)3)14-7-6-13-11;;;/h5-6,9-10H,7-8H2,1-4H3;5-6,8-9H,7H2,1-4H3;4-5,8H,6-7H2,1-3H3;;;. The SMILES string of the molecule is CC(C)c1ccc2c(c1C(C)C)OCC2.CC(C)c1ccc2c(c1C(C)C)OCO2.Cc1c(C(C)C)ccc2c1OCCO2.[B].[B].[B]. The Morgan fingerprint density at radius 1 is 0.447 bits per heavy atom. The van der Waals surface area contributed by atoms with Crippen LogP contribution < -0.4 is 23.7 Å². The van der Waals surface area contributed by atoms with Gasteiger partial charge in [0, 0.05) is 42.8 Å². The Hall–Kier alpha value is -3.15. The summed E-state index contributed by atoms with van der Waals surface area (Å²) in [7, 11) is 0. The summed E-state index contributed by atoms with van der Waals surface area (Å²) in [5, 5.41) is 0. The molecule has 9 radical (unpaired) electrons. The maximum absolute atomic E-state index is 5.78. The fourth-order valence-electron chi connectivity index (χ4n) is 6.39. The van der Waals surface area contributed by atoms with Crippen LogP contribution in [0.5, 0.6) is 28.7 Å². The van der Waals surface area contributed by atoms with Crippen LogP contribution in [0.15, 0.2) is 36.4 Å². The van der Waals surface area contributed by atoms with Crippen LogP contribution in [0.4, 0.5) is 0 Å². The van der Waals surface area contributed by atoms with E-state index in [-0.39, 0.29) is 25.2 Å². The molecule has 0 saturated heterocycles. The minimum atomic E-state index is 0. The first-order valence-electron chi connectivity index (χ1n) is 16.5. The third-order valence-corrected chi connectivity index (χ3v) is 8.56. The molecular formula is C39H54B3O5. The first-order valence-corrected chi connectivity index (χ1v) is 16.5. The summed E-state index contributed by atoms with van der Waals surface area (Å²) >= 11 is 0. The lowest BCUT2D eigenvalue weighted by atomic mass is 9.88. The molecule has 0 amide bonds. The fourth-order valence-corrected chi connectivity index (χ4v) is 6.39. The summed E-state index contributed by atoms with van der Waals surface area (Å²) < 4.78 is 27.9. The van der Waals surface area contributed by atoms with Crippen molar-refractivity contribution in [3.63, 3.8) is 0 Å². The van der Waals surface area contributed by atoms with Crippen LogP contribution in [0.1, 0.15) is 138 Å². The molecule has 3 aliphatic heterocycles. The summed E-state index contributed by atoms with van der Waals surface area (Å²) in [6.45, 7) is 26.9. The molecule has 0 fully saturated rings. The molecule has 0 spiro atoms. The Kier molecular flexibility index (Phi) is 16.4. The van der Waals surface area contributed by atoms with Crippen LogP contribution in [0.2, 0.25) is 0 Å². The Balaban J connectivity index is 0.000000342. The van der Waals surface area contributed by atoms with Gasteiger partial charge in [-0.25, -0.2) is 0 Å². The largest absolute Gasteiger partial charge is 0.493 e. The molecule has 0 atom stereocenters. The molecule has 47 heavy (non-hydrogen) atoms. The second-order valence-electron chi connectivity index (χ2n) is 13.5. The molecular weight excluding hydrogens is 581 g/mol. The van der Waals surface area contributed by atoms with E-state index < -0.39 is 0 Å². The molecule has 8 heteroatoms. The van der Waals surface area contributed by atoms with Crippen molar-refractivity contribution < 1.29 is 23.7 Å². The van der Waals surface area contributed by atoms with Crippen LogP contribution in [-0.4, -0.2) is 51.9 Å². The van der Waals surface area contributed by atoms with E-state index in [1.807, 2.05) is 12.1 Å². The quantitative estimate of drug-likeness (QED) is 0.262. The van der Waals surface area contributed by atoms with Crippen molar-refractivity contribution in [2.45, 2.75) is 112 Å². The zero-order chi connectivity index (χ0) is 32.1. The average Bonchev–Trinajstić information content (AvgIpc) is 3.66. The monoisotopic (exact) mass is 635 g/mol. The van der Waals surface area contributed by atoms with E-state index in [9.17, 15) is 0 Å². The molecule has 6 rings (SSSR count). The van der Waals surface area contributed by atoms with E-state index in [1.54, 1.807) is 0 Å². The summed E-state index contributed by atoms with van der Waals surface area (Å²) in [5.74, 6) is 7.50. The first kappa shape index (κ1) is 41.9. The minimum absolute atomic E-state index is 0. The molecule has 3 aliphatic rings. The molecule has 3 aromatic rings. The fraction of sp³-hybridized carbons (Fsp3) is 0.538. The molecule has 249 valence electrons. The normalized spacial score (nSPS) is 13.4. The van der Waals surface area contributed by atoms with Gasteiger partial charge in [-0.3, -0.25) is 0 Å². The van der Waals surface area contributed by atoms with Gasteiger partial charge in [-0.05, 0) is 76.5 Å². The Bertz CT molecular complexity index is 1360. The van der Waals surface area contributed by atoms with E-state index >= 15 is 0 Å². The lowest BCUT2D eigenvalue weighted by Gasteiger charge is -2.22. The van der Waals surface area contributed by atoms with Crippen molar-refractivity contribution in [2.24, 2.45) is 0 Å². The van der Waals surface area contributed by atoms with Crippen molar-refractivity contribution in [3.05, 3.63) is 75.3 Å². The third-order valence-electron chi connectivity index (χ3n) is 8.56. The van der Waals surface area contributed by atoms with Crippen molar-refractivity contribution in [1.82, 2.24) is 0 Å². The van der Waals surface area contributed by atoms with Crippen molar-refractivity contribution in [3.8, 4) is 28.7 Å². The molecule has 5 nitrogen and oxygen atoms in total. The number of hydrogen-bond donors (Lipinski definition) is 0. The second kappa shape index (κ2) is 18.4. The highest BCUT2D eigenvalue weighted by atomic mass is 16.7. The van der Waals surface area contributed by atoms with E-state index in [4.69, 9.17) is 23.7 Å². The lowest BCUT2D eigenvalue weighted by Crippen LogP contribution is -2.16. The van der Waals surface area contributed by atoms with Gasteiger partial charge in [-0.1, -0.05) is 93.5 Å². The van der Waals surface area contributed by atoms with Gasteiger partial charge in [0.25, 0.3) is 0 Å². The van der Waals surface area contributed by atoms with Crippen LogP contribution in [0, 0.1) is 6.92 Å². The first-order chi connectivity index (χ1) is 20.9. The molecule has 0 aromatic heterocycles. The summed E-state index contributed by atoms with van der Waals surface area (Å²) in [5.41, 5.74) is 9.51. The maximum atomic E-state index is 5.78. The van der Waals surface area contributed by atoms with Crippen LogP contribution in [-0.2, 0) is 6.42 Å².